The van der Waals surface area contributed by atoms with Crippen molar-refractivity contribution in [2.75, 3.05) is 5.32 Å². The summed E-state index contributed by atoms with van der Waals surface area (Å²) in [4.78, 5) is 12.1. The van der Waals surface area contributed by atoms with Crippen molar-refractivity contribution in [3.8, 4) is 0 Å². The number of carbonyl (C=O) groups is 1. The second-order valence-corrected chi connectivity index (χ2v) is 6.17. The molecule has 0 saturated heterocycles. The molecular formula is C16H15BrFN5O. The Balaban J connectivity index is 1.67. The maximum Gasteiger partial charge on any atom is 0.247 e. The first kappa shape index (κ1) is 16.4. The summed E-state index contributed by atoms with van der Waals surface area (Å²) < 4.78 is 17.4. The number of hydrogen-bond acceptors (Lipinski definition) is 3. The number of benzene rings is 1. The lowest BCUT2D eigenvalue weighted by Gasteiger charge is -2.04. The van der Waals surface area contributed by atoms with Crippen molar-refractivity contribution in [2.24, 2.45) is 0 Å². The van der Waals surface area contributed by atoms with Gasteiger partial charge in [0.05, 0.1) is 16.7 Å². The molecule has 1 N–H and O–H groups in total. The zero-order chi connectivity index (χ0) is 17.1. The van der Waals surface area contributed by atoms with Gasteiger partial charge in [0.15, 0.2) is 5.82 Å². The molecule has 24 heavy (non-hydrogen) atoms. The molecule has 1 amide bonds. The number of amides is 1. The molecule has 1 aromatic carbocycles. The van der Waals surface area contributed by atoms with Crippen LogP contribution >= 0.6 is 15.9 Å². The van der Waals surface area contributed by atoms with Crippen LogP contribution in [-0.4, -0.2) is 25.5 Å². The molecule has 0 saturated carbocycles. The number of nitrogens with zero attached hydrogens (tertiary/aromatic N) is 4. The molecule has 0 spiro atoms. The van der Waals surface area contributed by atoms with E-state index in [-0.39, 0.29) is 24.8 Å². The van der Waals surface area contributed by atoms with E-state index in [0.29, 0.717) is 15.9 Å². The molecule has 0 aliphatic rings. The SMILES string of the molecule is Cc1ccn(CC(=O)Nc2nn(Cc3ccccc3F)cc2Br)n1. The highest BCUT2D eigenvalue weighted by atomic mass is 79.9. The number of hydrogen-bond donors (Lipinski definition) is 1. The Bertz CT molecular complexity index is 873. The lowest BCUT2D eigenvalue weighted by molar-refractivity contribution is -0.116. The van der Waals surface area contributed by atoms with Crippen LogP contribution in [0.1, 0.15) is 11.3 Å². The fraction of sp³-hybridized carbons (Fsp3) is 0.188. The molecule has 3 rings (SSSR count). The summed E-state index contributed by atoms with van der Waals surface area (Å²) in [6.07, 6.45) is 3.43. The van der Waals surface area contributed by atoms with Crippen LogP contribution in [0.25, 0.3) is 0 Å². The van der Waals surface area contributed by atoms with Gasteiger partial charge in [0, 0.05) is 18.0 Å². The van der Waals surface area contributed by atoms with Gasteiger partial charge in [-0.25, -0.2) is 4.39 Å². The number of aromatic nitrogens is 4. The highest BCUT2D eigenvalue weighted by molar-refractivity contribution is 9.10. The Labute approximate surface area is 146 Å². The van der Waals surface area contributed by atoms with Crippen molar-refractivity contribution in [1.29, 1.82) is 0 Å². The van der Waals surface area contributed by atoms with Gasteiger partial charge >= 0.3 is 0 Å². The number of rotatable bonds is 5. The van der Waals surface area contributed by atoms with Crippen LogP contribution in [-0.2, 0) is 17.9 Å². The Kier molecular flexibility index (Phi) is 4.75. The van der Waals surface area contributed by atoms with Crippen LogP contribution in [0.5, 0.6) is 0 Å². The number of halogens is 2. The van der Waals surface area contributed by atoms with Crippen LogP contribution in [0, 0.1) is 12.7 Å². The van der Waals surface area contributed by atoms with Gasteiger partial charge in [-0.2, -0.15) is 10.2 Å². The molecule has 0 aliphatic heterocycles. The molecule has 0 unspecified atom stereocenters. The fourth-order valence-electron chi connectivity index (χ4n) is 2.23. The van der Waals surface area contributed by atoms with Gasteiger partial charge in [-0.05, 0) is 35.0 Å². The van der Waals surface area contributed by atoms with Gasteiger partial charge in [0.25, 0.3) is 0 Å². The third-order valence-corrected chi connectivity index (χ3v) is 3.92. The van der Waals surface area contributed by atoms with Crippen molar-refractivity contribution in [2.45, 2.75) is 20.0 Å². The highest BCUT2D eigenvalue weighted by Crippen LogP contribution is 2.21. The predicted octanol–water partition coefficient (Wildman–Crippen LogP) is 2.98. The molecule has 124 valence electrons. The maximum absolute atomic E-state index is 13.7. The minimum Gasteiger partial charge on any atom is -0.307 e. The minimum atomic E-state index is -0.288. The van der Waals surface area contributed by atoms with Gasteiger partial charge in [0.1, 0.15) is 12.4 Å². The summed E-state index contributed by atoms with van der Waals surface area (Å²) in [5, 5.41) is 11.2. The number of aryl methyl sites for hydroxylation is 1. The molecule has 2 heterocycles. The van der Waals surface area contributed by atoms with Crippen LogP contribution in [0.15, 0.2) is 47.2 Å². The van der Waals surface area contributed by atoms with Gasteiger partial charge in [0.2, 0.25) is 5.91 Å². The first-order valence-electron chi connectivity index (χ1n) is 7.27. The van der Waals surface area contributed by atoms with Gasteiger partial charge in [-0.15, -0.1) is 0 Å². The van der Waals surface area contributed by atoms with Crippen molar-refractivity contribution < 1.29 is 9.18 Å². The Hall–Kier alpha value is -2.48. The van der Waals surface area contributed by atoms with E-state index in [1.165, 1.54) is 6.07 Å². The lowest BCUT2D eigenvalue weighted by atomic mass is 10.2. The number of nitrogens with one attached hydrogen (secondary N) is 1. The third kappa shape index (κ3) is 3.88. The molecule has 0 bridgehead atoms. The minimum absolute atomic E-state index is 0.0977. The average molecular weight is 392 g/mol. The van der Waals surface area contributed by atoms with Crippen molar-refractivity contribution in [1.82, 2.24) is 19.6 Å². The molecule has 2 aromatic heterocycles. The number of anilines is 1. The van der Waals surface area contributed by atoms with Crippen LogP contribution in [0.3, 0.4) is 0 Å². The van der Waals surface area contributed by atoms with E-state index < -0.39 is 0 Å². The molecule has 0 radical (unpaired) electrons. The van der Waals surface area contributed by atoms with Crippen molar-refractivity contribution >= 4 is 27.7 Å². The van der Waals surface area contributed by atoms with E-state index in [1.54, 1.807) is 40.0 Å². The van der Waals surface area contributed by atoms with E-state index in [9.17, 15) is 9.18 Å². The molecule has 3 aromatic rings. The monoisotopic (exact) mass is 391 g/mol. The maximum atomic E-state index is 13.7. The van der Waals surface area contributed by atoms with E-state index >= 15 is 0 Å². The van der Waals surface area contributed by atoms with Gasteiger partial charge < -0.3 is 5.32 Å². The molecular weight excluding hydrogens is 377 g/mol. The van der Waals surface area contributed by atoms with Crippen LogP contribution in [0.4, 0.5) is 10.2 Å². The van der Waals surface area contributed by atoms with E-state index in [2.05, 4.69) is 31.4 Å². The van der Waals surface area contributed by atoms with Crippen LogP contribution < -0.4 is 5.32 Å². The lowest BCUT2D eigenvalue weighted by Crippen LogP contribution is -2.19. The third-order valence-electron chi connectivity index (χ3n) is 3.34. The van der Waals surface area contributed by atoms with Crippen molar-refractivity contribution in [3.05, 3.63) is 64.3 Å². The summed E-state index contributed by atoms with van der Waals surface area (Å²) in [7, 11) is 0. The normalized spacial score (nSPS) is 10.8. The van der Waals surface area contributed by atoms with E-state index in [1.807, 2.05) is 13.0 Å². The molecule has 0 fully saturated rings. The second kappa shape index (κ2) is 6.96. The Morgan fingerprint density at radius 1 is 1.25 bits per heavy atom. The topological polar surface area (TPSA) is 64.7 Å². The average Bonchev–Trinajstić information content (AvgIpc) is 3.08. The largest absolute Gasteiger partial charge is 0.307 e. The zero-order valence-electron chi connectivity index (χ0n) is 12.9. The predicted molar refractivity (Wildman–Crippen MR) is 91.0 cm³/mol. The molecule has 0 aliphatic carbocycles. The van der Waals surface area contributed by atoms with Gasteiger partial charge in [-0.1, -0.05) is 18.2 Å². The first-order valence-corrected chi connectivity index (χ1v) is 8.07. The van der Waals surface area contributed by atoms with Crippen LogP contribution in [0.2, 0.25) is 0 Å². The van der Waals surface area contributed by atoms with Crippen molar-refractivity contribution in [3.63, 3.8) is 0 Å². The molecule has 0 atom stereocenters. The van der Waals surface area contributed by atoms with E-state index in [0.717, 1.165) is 5.69 Å². The molecule has 8 heteroatoms. The smallest absolute Gasteiger partial charge is 0.247 e. The van der Waals surface area contributed by atoms with Gasteiger partial charge in [-0.3, -0.25) is 14.2 Å². The highest BCUT2D eigenvalue weighted by Gasteiger charge is 2.12. The fourth-order valence-corrected chi connectivity index (χ4v) is 2.65. The summed E-state index contributed by atoms with van der Waals surface area (Å²) >= 11 is 3.35. The van der Waals surface area contributed by atoms with E-state index in [4.69, 9.17) is 0 Å². The standard InChI is InChI=1S/C16H15BrFN5O/c1-11-6-7-22(20-11)10-15(24)19-16-13(17)9-23(21-16)8-12-4-2-3-5-14(12)18/h2-7,9H,8,10H2,1H3,(H,19,21,24). The first-order chi connectivity index (χ1) is 11.5. The Morgan fingerprint density at radius 3 is 2.75 bits per heavy atom. The second-order valence-electron chi connectivity index (χ2n) is 5.32. The summed E-state index contributed by atoms with van der Waals surface area (Å²) in [6.45, 7) is 2.23. The summed E-state index contributed by atoms with van der Waals surface area (Å²) in [6, 6.07) is 8.34. The summed E-state index contributed by atoms with van der Waals surface area (Å²) in [5.41, 5.74) is 1.37. The molecule has 6 nitrogen and oxygen atoms in total. The number of carbonyl (C=O) groups excluding carboxylic acids is 1. The summed E-state index contributed by atoms with van der Waals surface area (Å²) in [5.74, 6) is -0.140. The zero-order valence-corrected chi connectivity index (χ0v) is 14.5. The Morgan fingerprint density at radius 2 is 2.04 bits per heavy atom. The quantitative estimate of drug-likeness (QED) is 0.726.